The zero-order valence-electron chi connectivity index (χ0n) is 17.2. The number of likely N-dealkylation sites (tertiary alicyclic amines) is 1. The van der Waals surface area contributed by atoms with E-state index >= 15 is 0 Å². The maximum absolute atomic E-state index is 12.5. The minimum absolute atomic E-state index is 0. The van der Waals surface area contributed by atoms with Crippen LogP contribution >= 0.6 is 24.0 Å². The van der Waals surface area contributed by atoms with E-state index in [4.69, 9.17) is 0 Å². The van der Waals surface area contributed by atoms with Gasteiger partial charge in [-0.05, 0) is 38.3 Å². The smallest absolute Gasteiger partial charge is 0.375 e. The molecule has 0 amide bonds. The fourth-order valence-corrected chi connectivity index (χ4v) is 3.32. The lowest BCUT2D eigenvalue weighted by Gasteiger charge is -2.20. The SMILES string of the molecule is CCNC(=NCCCCN(C)c1ccccc1)NC1CCN(CC(F)(F)F)C1.I. The van der Waals surface area contributed by atoms with Crippen LogP contribution in [-0.2, 0) is 0 Å². The molecule has 0 aromatic heterocycles. The van der Waals surface area contributed by atoms with Crippen molar-refractivity contribution < 1.29 is 13.2 Å². The van der Waals surface area contributed by atoms with Gasteiger partial charge in [-0.15, -0.1) is 24.0 Å². The van der Waals surface area contributed by atoms with Crippen molar-refractivity contribution in [3.05, 3.63) is 30.3 Å². The van der Waals surface area contributed by atoms with Crippen molar-refractivity contribution in [3.8, 4) is 0 Å². The molecule has 5 nitrogen and oxygen atoms in total. The van der Waals surface area contributed by atoms with Gasteiger partial charge < -0.3 is 15.5 Å². The number of nitrogens with zero attached hydrogens (tertiary/aromatic N) is 3. The van der Waals surface area contributed by atoms with Crippen molar-refractivity contribution in [1.29, 1.82) is 0 Å². The zero-order chi connectivity index (χ0) is 20.4. The number of alkyl halides is 3. The highest BCUT2D eigenvalue weighted by Gasteiger charge is 2.34. The second-order valence-electron chi connectivity index (χ2n) is 7.21. The van der Waals surface area contributed by atoms with Crippen LogP contribution in [0.5, 0.6) is 0 Å². The minimum atomic E-state index is -4.14. The van der Waals surface area contributed by atoms with Gasteiger partial charge in [0.25, 0.3) is 0 Å². The number of halogens is 4. The molecule has 2 N–H and O–H groups in total. The van der Waals surface area contributed by atoms with Crippen molar-refractivity contribution in [3.63, 3.8) is 0 Å². The Labute approximate surface area is 189 Å². The highest BCUT2D eigenvalue weighted by atomic mass is 127. The summed E-state index contributed by atoms with van der Waals surface area (Å²) in [5, 5.41) is 6.46. The number of aliphatic imine (C=N–C) groups is 1. The van der Waals surface area contributed by atoms with Gasteiger partial charge in [0.2, 0.25) is 0 Å². The third kappa shape index (κ3) is 10.4. The van der Waals surface area contributed by atoms with Gasteiger partial charge in [-0.2, -0.15) is 13.2 Å². The Morgan fingerprint density at radius 3 is 2.62 bits per heavy atom. The van der Waals surface area contributed by atoms with Crippen LogP contribution in [0.25, 0.3) is 0 Å². The molecule has 0 spiro atoms. The summed E-state index contributed by atoms with van der Waals surface area (Å²) in [4.78, 5) is 8.25. The van der Waals surface area contributed by atoms with E-state index in [0.29, 0.717) is 32.0 Å². The topological polar surface area (TPSA) is 42.9 Å². The molecule has 1 atom stereocenters. The van der Waals surface area contributed by atoms with Crippen LogP contribution in [0.2, 0.25) is 0 Å². The lowest BCUT2D eigenvalue weighted by molar-refractivity contribution is -0.143. The molecule has 0 radical (unpaired) electrons. The van der Waals surface area contributed by atoms with Crippen molar-refractivity contribution in [2.75, 3.05) is 51.2 Å². The summed E-state index contributed by atoms with van der Waals surface area (Å²) in [6, 6.07) is 10.3. The monoisotopic (exact) mass is 527 g/mol. The summed E-state index contributed by atoms with van der Waals surface area (Å²) in [6.07, 6.45) is -1.46. The van der Waals surface area contributed by atoms with Crippen LogP contribution in [-0.4, -0.2) is 69.4 Å². The highest BCUT2D eigenvalue weighted by Crippen LogP contribution is 2.20. The van der Waals surface area contributed by atoms with Crippen LogP contribution in [0.4, 0.5) is 18.9 Å². The van der Waals surface area contributed by atoms with E-state index in [1.807, 2.05) is 25.1 Å². The Bertz CT molecular complexity index is 598. The summed E-state index contributed by atoms with van der Waals surface area (Å²) < 4.78 is 37.6. The van der Waals surface area contributed by atoms with Crippen LogP contribution in [0.3, 0.4) is 0 Å². The quantitative estimate of drug-likeness (QED) is 0.223. The normalized spacial score (nSPS) is 17.7. The third-order valence-corrected chi connectivity index (χ3v) is 4.73. The fourth-order valence-electron chi connectivity index (χ4n) is 3.32. The van der Waals surface area contributed by atoms with Gasteiger partial charge in [-0.25, -0.2) is 0 Å². The lowest BCUT2D eigenvalue weighted by atomic mass is 10.2. The number of anilines is 1. The Balaban J connectivity index is 0.00000420. The molecule has 1 saturated heterocycles. The first kappa shape index (κ1) is 25.8. The molecule has 1 heterocycles. The van der Waals surface area contributed by atoms with Crippen LogP contribution in [0.15, 0.2) is 35.3 Å². The molecule has 1 fully saturated rings. The van der Waals surface area contributed by atoms with E-state index in [0.717, 1.165) is 25.9 Å². The van der Waals surface area contributed by atoms with Crippen molar-refractivity contribution in [2.24, 2.45) is 4.99 Å². The van der Waals surface area contributed by atoms with Crippen LogP contribution < -0.4 is 15.5 Å². The average Bonchev–Trinajstić information content (AvgIpc) is 3.07. The number of hydrogen-bond donors (Lipinski definition) is 2. The van der Waals surface area contributed by atoms with Crippen LogP contribution in [0.1, 0.15) is 26.2 Å². The standard InChI is InChI=1S/C20H32F3N5.HI/c1-3-24-19(26-17-11-14-28(15-17)16-20(21,22)23)25-12-7-8-13-27(2)18-9-5-4-6-10-18;/h4-6,9-10,17H,3,7-8,11-16H2,1-2H3,(H2,24,25,26);1H. The van der Waals surface area contributed by atoms with Crippen LogP contribution in [0, 0.1) is 0 Å². The third-order valence-electron chi connectivity index (χ3n) is 4.73. The van der Waals surface area contributed by atoms with Gasteiger partial charge in [0.15, 0.2) is 5.96 Å². The highest BCUT2D eigenvalue weighted by molar-refractivity contribution is 14.0. The Morgan fingerprint density at radius 2 is 1.97 bits per heavy atom. The molecular formula is C20H33F3IN5. The Morgan fingerprint density at radius 1 is 1.24 bits per heavy atom. The molecule has 9 heteroatoms. The van der Waals surface area contributed by atoms with Gasteiger partial charge >= 0.3 is 6.18 Å². The molecule has 0 aliphatic carbocycles. The first-order valence-electron chi connectivity index (χ1n) is 9.97. The summed E-state index contributed by atoms with van der Waals surface area (Å²) in [7, 11) is 2.08. The molecule has 1 aliphatic heterocycles. The first-order chi connectivity index (χ1) is 13.4. The second-order valence-corrected chi connectivity index (χ2v) is 7.21. The predicted octanol–water partition coefficient (Wildman–Crippen LogP) is 3.71. The molecule has 1 unspecified atom stereocenters. The molecular weight excluding hydrogens is 494 g/mol. The molecule has 1 aromatic rings. The second kappa shape index (κ2) is 13.1. The van der Waals surface area contributed by atoms with Crippen molar-refractivity contribution >= 4 is 35.6 Å². The number of rotatable bonds is 9. The van der Waals surface area contributed by atoms with E-state index in [1.54, 1.807) is 0 Å². The molecule has 29 heavy (non-hydrogen) atoms. The molecule has 2 rings (SSSR count). The van der Waals surface area contributed by atoms with E-state index in [-0.39, 0.29) is 30.0 Å². The maximum atomic E-state index is 12.5. The zero-order valence-corrected chi connectivity index (χ0v) is 19.5. The van der Waals surface area contributed by atoms with Gasteiger partial charge in [0, 0.05) is 51.5 Å². The van der Waals surface area contributed by atoms with Gasteiger partial charge in [-0.1, -0.05) is 18.2 Å². The molecule has 1 aliphatic rings. The first-order valence-corrected chi connectivity index (χ1v) is 9.97. The minimum Gasteiger partial charge on any atom is -0.375 e. The van der Waals surface area contributed by atoms with Crippen molar-refractivity contribution in [2.45, 2.75) is 38.4 Å². The predicted molar refractivity (Wildman–Crippen MR) is 124 cm³/mol. The Kier molecular flexibility index (Phi) is 11.7. The van der Waals surface area contributed by atoms with Crippen molar-refractivity contribution in [1.82, 2.24) is 15.5 Å². The van der Waals surface area contributed by atoms with E-state index in [2.05, 4.69) is 39.7 Å². The number of guanidine groups is 1. The average molecular weight is 527 g/mol. The summed E-state index contributed by atoms with van der Waals surface area (Å²) in [5.74, 6) is 0.692. The van der Waals surface area contributed by atoms with E-state index in [9.17, 15) is 13.2 Å². The molecule has 1 aromatic carbocycles. The van der Waals surface area contributed by atoms with Gasteiger partial charge in [0.05, 0.1) is 6.54 Å². The van der Waals surface area contributed by atoms with E-state index < -0.39 is 12.7 Å². The number of nitrogens with one attached hydrogen (secondary N) is 2. The number of benzene rings is 1. The summed E-state index contributed by atoms with van der Waals surface area (Å²) >= 11 is 0. The van der Waals surface area contributed by atoms with E-state index in [1.165, 1.54) is 10.6 Å². The number of unbranched alkanes of at least 4 members (excludes halogenated alkanes) is 1. The molecule has 166 valence electrons. The number of para-hydroxylation sites is 1. The van der Waals surface area contributed by atoms with Gasteiger partial charge in [-0.3, -0.25) is 9.89 Å². The molecule has 0 saturated carbocycles. The molecule has 0 bridgehead atoms. The summed E-state index contributed by atoms with van der Waals surface area (Å²) in [5.41, 5.74) is 1.20. The van der Waals surface area contributed by atoms with Gasteiger partial charge in [0.1, 0.15) is 0 Å². The Hall–Kier alpha value is -1.23. The summed E-state index contributed by atoms with van der Waals surface area (Å²) in [6.45, 7) is 4.37. The maximum Gasteiger partial charge on any atom is 0.401 e. The fraction of sp³-hybridized carbons (Fsp3) is 0.650. The number of hydrogen-bond acceptors (Lipinski definition) is 3. The lowest BCUT2D eigenvalue weighted by Crippen LogP contribution is -2.45. The largest absolute Gasteiger partial charge is 0.401 e.